The molecule has 9 heteroatoms. The van der Waals surface area contributed by atoms with Crippen molar-refractivity contribution in [3.63, 3.8) is 0 Å². The van der Waals surface area contributed by atoms with Crippen LogP contribution in [0.1, 0.15) is 27.2 Å². The maximum absolute atomic E-state index is 12.8. The molecule has 31 heavy (non-hydrogen) atoms. The molecule has 0 saturated heterocycles. The van der Waals surface area contributed by atoms with Crippen molar-refractivity contribution in [2.45, 2.75) is 11.3 Å². The van der Waals surface area contributed by atoms with E-state index >= 15 is 0 Å². The molecule has 0 radical (unpaired) electrons. The molecular formula is C22H17N3O5S. The van der Waals surface area contributed by atoms with Gasteiger partial charge in [0.25, 0.3) is 15.9 Å². The summed E-state index contributed by atoms with van der Waals surface area (Å²) in [5.41, 5.74) is 3.60. The van der Waals surface area contributed by atoms with Crippen LogP contribution in [0.3, 0.4) is 0 Å². The standard InChI is InChI=1S/C22H17N3O5S/c26-21-17(11-20-15-8-9-30-22(27)18(15)12-23-20)16-10-14(6-7-19(16)24-21)31(28,29)25-13-4-2-1-3-5-13/h1-7,10-12,23,25H,8-9H2,(H,24,26). The summed E-state index contributed by atoms with van der Waals surface area (Å²) in [6, 6.07) is 13.0. The molecule has 2 aliphatic heterocycles. The second kappa shape index (κ2) is 7.13. The number of ether oxygens (including phenoxy) is 1. The lowest BCUT2D eigenvalue weighted by Gasteiger charge is -2.12. The Morgan fingerprint density at radius 2 is 1.84 bits per heavy atom. The first-order chi connectivity index (χ1) is 14.9. The largest absolute Gasteiger partial charge is 0.462 e. The predicted octanol–water partition coefficient (Wildman–Crippen LogP) is 3.02. The zero-order valence-corrected chi connectivity index (χ0v) is 17.0. The highest BCUT2D eigenvalue weighted by molar-refractivity contribution is 7.92. The molecule has 0 spiro atoms. The second-order valence-corrected chi connectivity index (χ2v) is 8.85. The Hall–Kier alpha value is -3.85. The van der Waals surface area contributed by atoms with Crippen LogP contribution < -0.4 is 10.0 Å². The first-order valence-corrected chi connectivity index (χ1v) is 11.0. The van der Waals surface area contributed by atoms with E-state index in [-0.39, 0.29) is 17.4 Å². The summed E-state index contributed by atoms with van der Waals surface area (Å²) in [6.45, 7) is 0.274. The number of carbonyl (C=O) groups is 2. The zero-order chi connectivity index (χ0) is 21.6. The highest BCUT2D eigenvalue weighted by Crippen LogP contribution is 2.36. The van der Waals surface area contributed by atoms with Crippen molar-refractivity contribution in [3.05, 3.63) is 77.1 Å². The molecule has 0 aliphatic carbocycles. The van der Waals surface area contributed by atoms with Gasteiger partial charge in [0.15, 0.2) is 0 Å². The maximum Gasteiger partial charge on any atom is 0.339 e. The molecule has 0 saturated carbocycles. The number of anilines is 2. The van der Waals surface area contributed by atoms with E-state index in [0.717, 1.165) is 5.56 Å². The Balaban J connectivity index is 1.54. The van der Waals surface area contributed by atoms with E-state index in [4.69, 9.17) is 4.74 Å². The molecule has 5 rings (SSSR count). The molecule has 0 atom stereocenters. The number of aromatic nitrogens is 1. The third-order valence-corrected chi connectivity index (χ3v) is 6.61. The quantitative estimate of drug-likeness (QED) is 0.430. The summed E-state index contributed by atoms with van der Waals surface area (Å²) in [5, 5.41) is 2.75. The molecule has 1 amide bonds. The van der Waals surface area contributed by atoms with Gasteiger partial charge in [-0.25, -0.2) is 13.2 Å². The molecule has 3 aromatic rings. The lowest BCUT2D eigenvalue weighted by molar-refractivity contribution is -0.110. The van der Waals surface area contributed by atoms with Crippen molar-refractivity contribution in [2.24, 2.45) is 0 Å². The van der Waals surface area contributed by atoms with E-state index in [1.54, 1.807) is 48.7 Å². The number of carbonyl (C=O) groups excluding carboxylic acids is 2. The van der Waals surface area contributed by atoms with Gasteiger partial charge in [-0.05, 0) is 42.0 Å². The van der Waals surface area contributed by atoms with Gasteiger partial charge in [0, 0.05) is 35.2 Å². The lowest BCUT2D eigenvalue weighted by Crippen LogP contribution is -2.16. The van der Waals surface area contributed by atoms with Crippen LogP contribution in [0.4, 0.5) is 11.4 Å². The van der Waals surface area contributed by atoms with Gasteiger partial charge in [-0.2, -0.15) is 0 Å². The van der Waals surface area contributed by atoms with Gasteiger partial charge >= 0.3 is 5.97 Å². The monoisotopic (exact) mass is 435 g/mol. The van der Waals surface area contributed by atoms with Gasteiger partial charge in [0.05, 0.1) is 22.6 Å². The van der Waals surface area contributed by atoms with Crippen LogP contribution in [0.25, 0.3) is 11.6 Å². The van der Waals surface area contributed by atoms with Crippen molar-refractivity contribution in [1.29, 1.82) is 0 Å². The van der Waals surface area contributed by atoms with Crippen LogP contribution in [-0.2, 0) is 26.0 Å². The number of cyclic esters (lactones) is 1. The Kier molecular flexibility index (Phi) is 4.40. The van der Waals surface area contributed by atoms with Gasteiger partial charge < -0.3 is 15.0 Å². The number of sulfonamides is 1. The van der Waals surface area contributed by atoms with E-state index in [0.29, 0.717) is 40.2 Å². The molecule has 0 fully saturated rings. The minimum Gasteiger partial charge on any atom is -0.462 e. The van der Waals surface area contributed by atoms with E-state index in [2.05, 4.69) is 15.0 Å². The van der Waals surface area contributed by atoms with Gasteiger partial charge in [0.1, 0.15) is 0 Å². The maximum atomic E-state index is 12.8. The van der Waals surface area contributed by atoms with Gasteiger partial charge in [-0.15, -0.1) is 0 Å². The Labute approximate surface area is 178 Å². The van der Waals surface area contributed by atoms with Crippen molar-refractivity contribution < 1.29 is 22.7 Å². The number of hydrogen-bond acceptors (Lipinski definition) is 5. The van der Waals surface area contributed by atoms with Crippen LogP contribution in [0.2, 0.25) is 0 Å². The van der Waals surface area contributed by atoms with Crippen LogP contribution >= 0.6 is 0 Å². The van der Waals surface area contributed by atoms with Crippen molar-refractivity contribution >= 4 is 44.9 Å². The number of benzene rings is 2. The number of esters is 1. The van der Waals surface area contributed by atoms with Crippen molar-refractivity contribution in [3.8, 4) is 0 Å². The third-order valence-electron chi connectivity index (χ3n) is 5.23. The Morgan fingerprint density at radius 3 is 2.65 bits per heavy atom. The fourth-order valence-electron chi connectivity index (χ4n) is 3.72. The lowest BCUT2D eigenvalue weighted by atomic mass is 10.0. The Morgan fingerprint density at radius 1 is 1.03 bits per heavy atom. The first-order valence-electron chi connectivity index (χ1n) is 9.55. The van der Waals surface area contributed by atoms with Crippen LogP contribution in [0, 0.1) is 0 Å². The Bertz CT molecular complexity index is 1360. The van der Waals surface area contributed by atoms with E-state index in [1.807, 2.05) is 0 Å². The molecule has 3 heterocycles. The first kappa shape index (κ1) is 19.1. The normalized spacial score (nSPS) is 16.5. The number of H-pyrrole nitrogens is 1. The molecule has 2 aliphatic rings. The third kappa shape index (κ3) is 3.38. The van der Waals surface area contributed by atoms with Crippen LogP contribution in [0.5, 0.6) is 0 Å². The topological polar surface area (TPSA) is 117 Å². The highest BCUT2D eigenvalue weighted by Gasteiger charge is 2.28. The summed E-state index contributed by atoms with van der Waals surface area (Å²) >= 11 is 0. The number of hydrogen-bond donors (Lipinski definition) is 3. The van der Waals surface area contributed by atoms with Crippen molar-refractivity contribution in [2.75, 3.05) is 16.6 Å². The second-order valence-electron chi connectivity index (χ2n) is 7.17. The predicted molar refractivity (Wildman–Crippen MR) is 115 cm³/mol. The molecule has 1 aromatic heterocycles. The summed E-state index contributed by atoms with van der Waals surface area (Å²) in [4.78, 5) is 27.5. The molecule has 2 aromatic carbocycles. The summed E-state index contributed by atoms with van der Waals surface area (Å²) < 4.78 is 33.2. The summed E-state index contributed by atoms with van der Waals surface area (Å²) in [7, 11) is -3.84. The van der Waals surface area contributed by atoms with Crippen LogP contribution in [-0.4, -0.2) is 31.9 Å². The molecule has 156 valence electrons. The number of rotatable bonds is 4. The smallest absolute Gasteiger partial charge is 0.339 e. The molecule has 0 unspecified atom stereocenters. The molecule has 3 N–H and O–H groups in total. The average molecular weight is 435 g/mol. The number of para-hydroxylation sites is 1. The summed E-state index contributed by atoms with van der Waals surface area (Å²) in [6.07, 6.45) is 3.73. The summed E-state index contributed by atoms with van der Waals surface area (Å²) in [5.74, 6) is -0.749. The van der Waals surface area contributed by atoms with Crippen LogP contribution in [0.15, 0.2) is 59.6 Å². The molecule has 8 nitrogen and oxygen atoms in total. The van der Waals surface area contributed by atoms with Gasteiger partial charge in [-0.3, -0.25) is 9.52 Å². The van der Waals surface area contributed by atoms with E-state index in [1.165, 1.54) is 12.1 Å². The number of amides is 1. The number of nitrogens with one attached hydrogen (secondary N) is 3. The minimum atomic E-state index is -3.84. The SMILES string of the molecule is O=C1Nc2ccc(S(=O)(=O)Nc3ccccc3)cc2C1=Cc1[nH]cc2c1CCOC2=O. The zero-order valence-electron chi connectivity index (χ0n) is 16.1. The molecular weight excluding hydrogens is 418 g/mol. The average Bonchev–Trinajstić information content (AvgIpc) is 3.30. The highest BCUT2D eigenvalue weighted by atomic mass is 32.2. The van der Waals surface area contributed by atoms with Gasteiger partial charge in [-0.1, -0.05) is 18.2 Å². The fraction of sp³-hybridized carbons (Fsp3) is 0.0909. The van der Waals surface area contributed by atoms with E-state index < -0.39 is 16.0 Å². The van der Waals surface area contributed by atoms with Gasteiger partial charge in [0.2, 0.25) is 0 Å². The number of fused-ring (bicyclic) bond motifs is 2. The van der Waals surface area contributed by atoms with E-state index in [9.17, 15) is 18.0 Å². The van der Waals surface area contributed by atoms with Crippen molar-refractivity contribution in [1.82, 2.24) is 4.98 Å². The minimum absolute atomic E-state index is 0.0367. The fourth-order valence-corrected chi connectivity index (χ4v) is 4.80. The number of aromatic amines is 1. The molecule has 0 bridgehead atoms.